The quantitative estimate of drug-likeness (QED) is 0.827. The van der Waals surface area contributed by atoms with E-state index < -0.39 is 0 Å². The van der Waals surface area contributed by atoms with Crippen LogP contribution in [0.5, 0.6) is 0 Å². The molecule has 0 bridgehead atoms. The van der Waals surface area contributed by atoms with Gasteiger partial charge in [-0.2, -0.15) is 0 Å². The molecule has 1 heterocycles. The second kappa shape index (κ2) is 5.45. The number of aromatic nitrogens is 2. The number of hydrogen-bond acceptors (Lipinski definition) is 4. The van der Waals surface area contributed by atoms with Gasteiger partial charge in [0.05, 0.1) is 0 Å². The number of nitrogens with one attached hydrogen (secondary N) is 1. The molecule has 0 fully saturated rings. The fourth-order valence-electron chi connectivity index (χ4n) is 1.05. The van der Waals surface area contributed by atoms with Gasteiger partial charge < -0.3 is 11.1 Å². The van der Waals surface area contributed by atoms with Gasteiger partial charge in [-0.3, -0.25) is 0 Å². The van der Waals surface area contributed by atoms with Crippen molar-refractivity contribution < 1.29 is 0 Å². The lowest BCUT2D eigenvalue weighted by Gasteiger charge is -2.20. The minimum atomic E-state index is 0.232. The summed E-state index contributed by atoms with van der Waals surface area (Å²) in [5.74, 6) is 1.12. The molecule has 0 amide bonds. The fraction of sp³-hybridized carbons (Fsp3) is 0.556. The maximum Gasteiger partial charge on any atom is 0.222 e. The third-order valence-electron chi connectivity index (χ3n) is 1.99. The van der Waals surface area contributed by atoms with Crippen LogP contribution in [0.15, 0.2) is 12.4 Å². The van der Waals surface area contributed by atoms with Crippen LogP contribution in [0.3, 0.4) is 0 Å². The molecule has 1 aromatic rings. The molecule has 1 aromatic heterocycles. The maximum absolute atomic E-state index is 5.63. The first kappa shape index (κ1) is 11.6. The van der Waals surface area contributed by atoms with Crippen molar-refractivity contribution in [3.05, 3.63) is 16.0 Å². The van der Waals surface area contributed by atoms with Crippen molar-refractivity contribution in [1.29, 1.82) is 0 Å². The number of anilines is 1. The molecule has 0 radical (unpaired) electrons. The number of halogens is 1. The van der Waals surface area contributed by atoms with E-state index in [1.54, 1.807) is 12.4 Å². The highest BCUT2D eigenvalue weighted by atomic mass is 127. The van der Waals surface area contributed by atoms with E-state index in [-0.39, 0.29) is 6.04 Å². The molecule has 1 rings (SSSR count). The molecular formula is C9H15IN4. The normalized spacial score (nSPS) is 12.9. The van der Waals surface area contributed by atoms with Crippen LogP contribution in [0.1, 0.15) is 13.8 Å². The summed E-state index contributed by atoms with van der Waals surface area (Å²) in [5.41, 5.74) is 5.63. The van der Waals surface area contributed by atoms with Gasteiger partial charge in [-0.05, 0) is 28.5 Å². The van der Waals surface area contributed by atoms with Crippen LogP contribution < -0.4 is 11.1 Å². The molecule has 0 saturated carbocycles. The monoisotopic (exact) mass is 306 g/mol. The smallest absolute Gasteiger partial charge is 0.222 e. The zero-order chi connectivity index (χ0) is 10.6. The van der Waals surface area contributed by atoms with Crippen molar-refractivity contribution in [2.75, 3.05) is 11.9 Å². The summed E-state index contributed by atoms with van der Waals surface area (Å²) in [4.78, 5) is 8.33. The zero-order valence-corrected chi connectivity index (χ0v) is 10.5. The van der Waals surface area contributed by atoms with Crippen molar-refractivity contribution in [3.8, 4) is 0 Å². The van der Waals surface area contributed by atoms with E-state index in [0.717, 1.165) is 3.57 Å². The van der Waals surface area contributed by atoms with Crippen LogP contribution in [0, 0.1) is 9.49 Å². The van der Waals surface area contributed by atoms with Gasteiger partial charge >= 0.3 is 0 Å². The van der Waals surface area contributed by atoms with Gasteiger partial charge in [-0.15, -0.1) is 0 Å². The lowest BCUT2D eigenvalue weighted by atomic mass is 10.1. The lowest BCUT2D eigenvalue weighted by Crippen LogP contribution is -2.34. The summed E-state index contributed by atoms with van der Waals surface area (Å²) in [6, 6.07) is 0.232. The predicted octanol–water partition coefficient (Wildman–Crippen LogP) is 1.48. The SMILES string of the molecule is CC(C)C(CN)Nc1ncc(I)cn1. The van der Waals surface area contributed by atoms with E-state index in [1.165, 1.54) is 0 Å². The molecule has 0 aliphatic rings. The van der Waals surface area contributed by atoms with Gasteiger partial charge in [0, 0.05) is 28.6 Å². The highest BCUT2D eigenvalue weighted by Crippen LogP contribution is 2.08. The van der Waals surface area contributed by atoms with Gasteiger partial charge in [-0.1, -0.05) is 13.8 Å². The van der Waals surface area contributed by atoms with Gasteiger partial charge in [0.25, 0.3) is 0 Å². The van der Waals surface area contributed by atoms with Crippen LogP contribution >= 0.6 is 22.6 Å². The topological polar surface area (TPSA) is 63.8 Å². The summed E-state index contributed by atoms with van der Waals surface area (Å²) in [6.45, 7) is 4.83. The Morgan fingerprint density at radius 2 is 2.00 bits per heavy atom. The van der Waals surface area contributed by atoms with Crippen molar-refractivity contribution in [2.24, 2.45) is 11.7 Å². The summed E-state index contributed by atoms with van der Waals surface area (Å²) in [6.07, 6.45) is 3.56. The van der Waals surface area contributed by atoms with Gasteiger partial charge in [0.1, 0.15) is 0 Å². The molecule has 3 N–H and O–H groups in total. The number of rotatable bonds is 4. The summed E-state index contributed by atoms with van der Waals surface area (Å²) >= 11 is 2.18. The van der Waals surface area contributed by atoms with E-state index in [2.05, 4.69) is 51.7 Å². The molecule has 1 unspecified atom stereocenters. The molecule has 0 aliphatic heterocycles. The average Bonchev–Trinajstić information content (AvgIpc) is 2.16. The van der Waals surface area contributed by atoms with E-state index in [4.69, 9.17) is 5.73 Å². The van der Waals surface area contributed by atoms with Crippen LogP contribution in [-0.2, 0) is 0 Å². The van der Waals surface area contributed by atoms with E-state index in [9.17, 15) is 0 Å². The van der Waals surface area contributed by atoms with E-state index >= 15 is 0 Å². The van der Waals surface area contributed by atoms with Crippen LogP contribution in [-0.4, -0.2) is 22.6 Å². The van der Waals surface area contributed by atoms with Crippen molar-refractivity contribution in [1.82, 2.24) is 9.97 Å². The van der Waals surface area contributed by atoms with Crippen molar-refractivity contribution in [2.45, 2.75) is 19.9 Å². The Morgan fingerprint density at radius 1 is 1.43 bits per heavy atom. The second-order valence-electron chi connectivity index (χ2n) is 3.46. The molecule has 0 saturated heterocycles. The fourth-order valence-corrected chi connectivity index (χ4v) is 1.33. The minimum absolute atomic E-state index is 0.232. The molecule has 0 spiro atoms. The van der Waals surface area contributed by atoms with E-state index in [0.29, 0.717) is 18.4 Å². The molecule has 14 heavy (non-hydrogen) atoms. The highest BCUT2D eigenvalue weighted by molar-refractivity contribution is 14.1. The van der Waals surface area contributed by atoms with Gasteiger partial charge in [0.15, 0.2) is 0 Å². The number of hydrogen-bond donors (Lipinski definition) is 2. The third-order valence-corrected chi connectivity index (χ3v) is 2.55. The van der Waals surface area contributed by atoms with E-state index in [1.807, 2.05) is 0 Å². The first-order chi connectivity index (χ1) is 6.63. The molecular weight excluding hydrogens is 291 g/mol. The van der Waals surface area contributed by atoms with Crippen molar-refractivity contribution in [3.63, 3.8) is 0 Å². The van der Waals surface area contributed by atoms with Gasteiger partial charge in [0.2, 0.25) is 5.95 Å². The Kier molecular flexibility index (Phi) is 4.53. The summed E-state index contributed by atoms with van der Waals surface area (Å²) in [5, 5.41) is 3.20. The molecule has 5 heteroatoms. The minimum Gasteiger partial charge on any atom is -0.350 e. The van der Waals surface area contributed by atoms with Crippen LogP contribution in [0.25, 0.3) is 0 Å². The largest absolute Gasteiger partial charge is 0.350 e. The Bertz CT molecular complexity index is 273. The second-order valence-corrected chi connectivity index (χ2v) is 4.70. The first-order valence-electron chi connectivity index (χ1n) is 4.57. The van der Waals surface area contributed by atoms with Crippen LogP contribution in [0.2, 0.25) is 0 Å². The Balaban J connectivity index is 2.63. The number of nitrogens with two attached hydrogens (primary N) is 1. The molecule has 4 nitrogen and oxygen atoms in total. The third kappa shape index (κ3) is 3.38. The first-order valence-corrected chi connectivity index (χ1v) is 5.65. The maximum atomic E-state index is 5.63. The highest BCUT2D eigenvalue weighted by Gasteiger charge is 2.11. The Morgan fingerprint density at radius 3 is 2.43 bits per heavy atom. The zero-order valence-electron chi connectivity index (χ0n) is 8.37. The molecule has 0 aromatic carbocycles. The molecule has 1 atom stereocenters. The van der Waals surface area contributed by atoms with Crippen LogP contribution in [0.4, 0.5) is 5.95 Å². The standard InChI is InChI=1S/C9H15IN4/c1-6(2)8(3-11)14-9-12-4-7(10)5-13-9/h4-6,8H,3,11H2,1-2H3,(H,12,13,14). The Hall–Kier alpha value is -0.430. The predicted molar refractivity (Wildman–Crippen MR) is 66.1 cm³/mol. The Labute approximate surface area is 97.8 Å². The number of nitrogens with zero attached hydrogens (tertiary/aromatic N) is 2. The van der Waals surface area contributed by atoms with Crippen molar-refractivity contribution >= 4 is 28.5 Å². The summed E-state index contributed by atoms with van der Waals surface area (Å²) < 4.78 is 1.03. The summed E-state index contributed by atoms with van der Waals surface area (Å²) in [7, 11) is 0. The molecule has 78 valence electrons. The molecule has 0 aliphatic carbocycles. The van der Waals surface area contributed by atoms with Gasteiger partial charge in [-0.25, -0.2) is 9.97 Å². The average molecular weight is 306 g/mol. The lowest BCUT2D eigenvalue weighted by molar-refractivity contribution is 0.528.